The van der Waals surface area contributed by atoms with Crippen molar-refractivity contribution in [3.05, 3.63) is 59.0 Å². The van der Waals surface area contributed by atoms with E-state index in [-0.39, 0.29) is 11.7 Å². The van der Waals surface area contributed by atoms with Crippen molar-refractivity contribution in [1.82, 2.24) is 14.8 Å². The van der Waals surface area contributed by atoms with Gasteiger partial charge in [0.1, 0.15) is 5.82 Å². The van der Waals surface area contributed by atoms with Gasteiger partial charge in [-0.15, -0.1) is 0 Å². The molecule has 0 unspecified atom stereocenters. The molecular weight excluding hydrogens is 334 g/mol. The van der Waals surface area contributed by atoms with Crippen LogP contribution in [-0.2, 0) is 35.6 Å². The van der Waals surface area contributed by atoms with Crippen LogP contribution in [0.2, 0.25) is 0 Å². The van der Waals surface area contributed by atoms with E-state index in [0.717, 1.165) is 43.9 Å². The fourth-order valence-corrected chi connectivity index (χ4v) is 4.47. The Hall–Kier alpha value is -1.95. The normalized spacial score (nSPS) is 18.7. The van der Waals surface area contributed by atoms with Crippen LogP contribution in [0.1, 0.15) is 37.0 Å². The molecule has 1 aliphatic rings. The van der Waals surface area contributed by atoms with Crippen molar-refractivity contribution in [2.45, 2.75) is 45.6 Å². The van der Waals surface area contributed by atoms with Gasteiger partial charge in [0.05, 0.1) is 5.75 Å². The molecule has 0 saturated heterocycles. The molecule has 2 heterocycles. The van der Waals surface area contributed by atoms with Gasteiger partial charge < -0.3 is 0 Å². The highest BCUT2D eigenvalue weighted by Crippen LogP contribution is 2.19. The van der Waals surface area contributed by atoms with Crippen molar-refractivity contribution in [1.29, 1.82) is 0 Å². The Morgan fingerprint density at radius 3 is 2.68 bits per heavy atom. The molecule has 134 valence electrons. The van der Waals surface area contributed by atoms with Gasteiger partial charge in [0.25, 0.3) is 0 Å². The molecule has 0 amide bonds. The van der Waals surface area contributed by atoms with Gasteiger partial charge in [-0.1, -0.05) is 49.8 Å². The van der Waals surface area contributed by atoms with Gasteiger partial charge in [-0.3, -0.25) is 0 Å². The zero-order chi connectivity index (χ0) is 17.7. The maximum atomic E-state index is 11.6. The van der Waals surface area contributed by atoms with Gasteiger partial charge in [0.15, 0.2) is 15.7 Å². The Morgan fingerprint density at radius 2 is 2.00 bits per heavy atom. The molecule has 5 nitrogen and oxygen atoms in total. The molecule has 3 rings (SSSR count). The molecule has 0 spiro atoms. The van der Waals surface area contributed by atoms with Crippen LogP contribution in [0.15, 0.2) is 41.8 Å². The fourth-order valence-electron chi connectivity index (χ4n) is 3.07. The molecule has 0 bridgehead atoms. The Kier molecular flexibility index (Phi) is 5.68. The summed E-state index contributed by atoms with van der Waals surface area (Å²) >= 11 is 0. The summed E-state index contributed by atoms with van der Waals surface area (Å²) in [5.41, 5.74) is 1.28. The van der Waals surface area contributed by atoms with E-state index in [4.69, 9.17) is 4.98 Å². The highest BCUT2D eigenvalue weighted by Gasteiger charge is 2.24. The molecule has 6 heteroatoms. The Balaban J connectivity index is 1.69. The van der Waals surface area contributed by atoms with E-state index in [2.05, 4.69) is 24.2 Å². The number of unbranched alkanes of at least 4 members (excludes halogenated alkanes) is 1. The number of aryl methyl sites for hydroxylation is 3. The van der Waals surface area contributed by atoms with Crippen molar-refractivity contribution in [3.8, 4) is 0 Å². The highest BCUT2D eigenvalue weighted by molar-refractivity contribution is 7.94. The number of allylic oxidation sites excluding steroid dienone is 1. The maximum Gasteiger partial charge on any atom is 0.171 e. The number of benzene rings is 1. The second kappa shape index (κ2) is 7.95. The molecule has 1 aromatic heterocycles. The minimum Gasteiger partial charge on any atom is -0.250 e. The Labute approximate surface area is 149 Å². The molecule has 2 aromatic rings. The average Bonchev–Trinajstić information content (AvgIpc) is 3.14. The summed E-state index contributed by atoms with van der Waals surface area (Å²) in [6.07, 6.45) is 6.28. The summed E-state index contributed by atoms with van der Waals surface area (Å²) in [6, 6.07) is 10.3. The molecule has 0 N–H and O–H groups in total. The quantitative estimate of drug-likeness (QED) is 0.727. The van der Waals surface area contributed by atoms with Gasteiger partial charge >= 0.3 is 0 Å². The molecule has 1 aromatic carbocycles. The first kappa shape index (κ1) is 17.9. The average molecular weight is 359 g/mol. The molecule has 1 aliphatic heterocycles. The molecule has 0 fully saturated rings. The van der Waals surface area contributed by atoms with E-state index in [9.17, 15) is 8.42 Å². The zero-order valence-corrected chi connectivity index (χ0v) is 15.5. The predicted molar refractivity (Wildman–Crippen MR) is 98.9 cm³/mol. The van der Waals surface area contributed by atoms with Gasteiger partial charge in [0, 0.05) is 24.8 Å². The minimum atomic E-state index is -3.02. The summed E-state index contributed by atoms with van der Waals surface area (Å²) < 4.78 is 25.2. The predicted octanol–water partition coefficient (Wildman–Crippen LogP) is 2.96. The third-order valence-electron chi connectivity index (χ3n) is 4.44. The summed E-state index contributed by atoms with van der Waals surface area (Å²) in [7, 11) is -3.02. The monoisotopic (exact) mass is 359 g/mol. The highest BCUT2D eigenvalue weighted by atomic mass is 32.2. The lowest BCUT2D eigenvalue weighted by Crippen LogP contribution is -2.13. The molecule has 1 atom stereocenters. The molecular formula is C19H25N3O2S. The lowest BCUT2D eigenvalue weighted by atomic mass is 10.1. The SMILES string of the molecule is CCCCn1nc(CCc2ccccc2)nc1C[C@H]1C=CS(=O)(=O)C1. The topological polar surface area (TPSA) is 64.8 Å². The second-order valence-corrected chi connectivity index (χ2v) is 8.56. The Bertz CT molecular complexity index is 826. The lowest BCUT2D eigenvalue weighted by Gasteiger charge is -2.08. The zero-order valence-electron chi connectivity index (χ0n) is 14.6. The van der Waals surface area contributed by atoms with Crippen LogP contribution in [0.5, 0.6) is 0 Å². The van der Waals surface area contributed by atoms with Crippen molar-refractivity contribution in [2.75, 3.05) is 5.75 Å². The summed E-state index contributed by atoms with van der Waals surface area (Å²) in [5.74, 6) is 1.95. The van der Waals surface area contributed by atoms with Crippen LogP contribution >= 0.6 is 0 Å². The number of hydrogen-bond acceptors (Lipinski definition) is 4. The summed E-state index contributed by atoms with van der Waals surface area (Å²) in [4.78, 5) is 4.71. The van der Waals surface area contributed by atoms with Crippen molar-refractivity contribution in [3.63, 3.8) is 0 Å². The standard InChI is InChI=1S/C19H25N3O2S/c1-2-3-12-22-19(14-17-11-13-25(23,24)15-17)20-18(21-22)10-9-16-7-5-4-6-8-16/h4-8,11,13,17H,2-3,9-10,12,14-15H2,1H3/t17-/m1/s1. The Morgan fingerprint density at radius 1 is 1.20 bits per heavy atom. The number of nitrogens with zero attached hydrogens (tertiary/aromatic N) is 3. The van der Waals surface area contributed by atoms with E-state index in [1.165, 1.54) is 11.0 Å². The van der Waals surface area contributed by atoms with Crippen molar-refractivity contribution in [2.24, 2.45) is 5.92 Å². The first-order valence-corrected chi connectivity index (χ1v) is 10.6. The van der Waals surface area contributed by atoms with Crippen molar-refractivity contribution < 1.29 is 8.42 Å². The third kappa shape index (κ3) is 5.01. The number of aromatic nitrogens is 3. The summed E-state index contributed by atoms with van der Waals surface area (Å²) in [5, 5.41) is 6.01. The number of hydrogen-bond donors (Lipinski definition) is 0. The van der Waals surface area contributed by atoms with E-state index in [1.54, 1.807) is 6.08 Å². The van der Waals surface area contributed by atoms with E-state index in [0.29, 0.717) is 6.42 Å². The van der Waals surface area contributed by atoms with Gasteiger partial charge in [-0.2, -0.15) is 5.10 Å². The van der Waals surface area contributed by atoms with E-state index < -0.39 is 9.84 Å². The first-order chi connectivity index (χ1) is 12.1. The van der Waals surface area contributed by atoms with Gasteiger partial charge in [0.2, 0.25) is 0 Å². The number of rotatable bonds is 8. The van der Waals surface area contributed by atoms with Gasteiger partial charge in [-0.05, 0) is 24.3 Å². The number of sulfone groups is 1. The van der Waals surface area contributed by atoms with Crippen LogP contribution in [0, 0.1) is 5.92 Å². The molecule has 0 saturated carbocycles. The largest absolute Gasteiger partial charge is 0.250 e. The molecule has 25 heavy (non-hydrogen) atoms. The van der Waals surface area contributed by atoms with Crippen LogP contribution in [0.25, 0.3) is 0 Å². The summed E-state index contributed by atoms with van der Waals surface area (Å²) in [6.45, 7) is 2.99. The third-order valence-corrected chi connectivity index (χ3v) is 5.91. The van der Waals surface area contributed by atoms with Crippen LogP contribution in [0.3, 0.4) is 0 Å². The maximum absolute atomic E-state index is 11.6. The fraction of sp³-hybridized carbons (Fsp3) is 0.474. The van der Waals surface area contributed by atoms with E-state index in [1.807, 2.05) is 22.9 Å². The minimum absolute atomic E-state index is 0.0107. The van der Waals surface area contributed by atoms with Crippen LogP contribution < -0.4 is 0 Å². The van der Waals surface area contributed by atoms with Crippen molar-refractivity contribution >= 4 is 9.84 Å². The first-order valence-electron chi connectivity index (χ1n) is 8.93. The van der Waals surface area contributed by atoms with E-state index >= 15 is 0 Å². The van der Waals surface area contributed by atoms with Crippen LogP contribution in [-0.4, -0.2) is 28.9 Å². The second-order valence-electron chi connectivity index (χ2n) is 6.63. The lowest BCUT2D eigenvalue weighted by molar-refractivity contribution is 0.524. The van der Waals surface area contributed by atoms with Gasteiger partial charge in [-0.25, -0.2) is 18.1 Å². The molecule has 0 radical (unpaired) electrons. The smallest absolute Gasteiger partial charge is 0.171 e. The van der Waals surface area contributed by atoms with Crippen LogP contribution in [0.4, 0.5) is 0 Å². The molecule has 0 aliphatic carbocycles.